The Morgan fingerprint density at radius 2 is 1.96 bits per heavy atom. The third kappa shape index (κ3) is 4.53. The van der Waals surface area contributed by atoms with Gasteiger partial charge in [0.2, 0.25) is 0 Å². The molecule has 1 aliphatic heterocycles. The van der Waals surface area contributed by atoms with Crippen LogP contribution >= 0.6 is 0 Å². The molecule has 2 aromatic rings. The fourth-order valence-electron chi connectivity index (χ4n) is 2.84. The molecule has 3 amide bonds. The molecule has 0 fully saturated rings. The largest absolute Gasteiger partial charge is 0.488 e. The van der Waals surface area contributed by atoms with Crippen molar-refractivity contribution in [3.63, 3.8) is 0 Å². The molecule has 3 N–H and O–H groups in total. The zero-order valence-corrected chi connectivity index (χ0v) is 14.9. The number of ether oxygens (including phenoxy) is 1. The second kappa shape index (κ2) is 7.91. The van der Waals surface area contributed by atoms with E-state index in [-0.39, 0.29) is 24.1 Å². The van der Waals surface area contributed by atoms with Crippen LogP contribution in [0.5, 0.6) is 5.75 Å². The molecule has 0 saturated heterocycles. The van der Waals surface area contributed by atoms with Gasteiger partial charge in [-0.2, -0.15) is 0 Å². The van der Waals surface area contributed by atoms with E-state index in [0.717, 1.165) is 17.7 Å². The summed E-state index contributed by atoms with van der Waals surface area (Å²) in [5.41, 5.74) is 2.22. The highest BCUT2D eigenvalue weighted by Crippen LogP contribution is 2.27. The predicted molar refractivity (Wildman–Crippen MR) is 101 cm³/mol. The van der Waals surface area contributed by atoms with Crippen molar-refractivity contribution in [3.05, 3.63) is 59.7 Å². The smallest absolute Gasteiger partial charge is 0.319 e. The van der Waals surface area contributed by atoms with Crippen LogP contribution in [0.2, 0.25) is 0 Å². The van der Waals surface area contributed by atoms with Gasteiger partial charge in [0.15, 0.2) is 0 Å². The van der Waals surface area contributed by atoms with E-state index in [1.54, 1.807) is 24.3 Å². The van der Waals surface area contributed by atoms with Gasteiger partial charge in [-0.1, -0.05) is 24.3 Å². The molecule has 0 radical (unpaired) electrons. The van der Waals surface area contributed by atoms with Crippen molar-refractivity contribution in [2.75, 3.05) is 11.9 Å². The molecule has 0 aromatic heterocycles. The van der Waals surface area contributed by atoms with Crippen LogP contribution in [0.15, 0.2) is 48.5 Å². The Labute approximate surface area is 152 Å². The van der Waals surface area contributed by atoms with Gasteiger partial charge in [-0.3, -0.25) is 4.79 Å². The van der Waals surface area contributed by atoms with Crippen molar-refractivity contribution in [1.82, 2.24) is 10.6 Å². The first-order chi connectivity index (χ1) is 12.5. The monoisotopic (exact) mass is 353 g/mol. The summed E-state index contributed by atoms with van der Waals surface area (Å²) in [6.07, 6.45) is 0.724. The first-order valence-electron chi connectivity index (χ1n) is 8.71. The van der Waals surface area contributed by atoms with Gasteiger partial charge in [-0.25, -0.2) is 4.79 Å². The lowest BCUT2D eigenvalue weighted by atomic mass is 10.1. The standard InChI is InChI=1S/C20H23N3O3/c1-13(2)22-20(25)23-16-8-5-7-15(10-16)19(24)21-12-17-11-14-6-3-4-9-18(14)26-17/h3-10,13,17H,11-12H2,1-2H3,(H,21,24)(H2,22,23,25)/t17-/m0/s1. The Bertz CT molecular complexity index is 779. The van der Waals surface area contributed by atoms with E-state index in [2.05, 4.69) is 16.0 Å². The van der Waals surface area contributed by atoms with Crippen molar-refractivity contribution in [1.29, 1.82) is 0 Å². The Hall–Kier alpha value is -3.02. The third-order valence-electron chi connectivity index (χ3n) is 4.01. The Kier molecular flexibility index (Phi) is 5.41. The summed E-state index contributed by atoms with van der Waals surface area (Å²) in [6.45, 7) is 4.19. The molecule has 0 bridgehead atoms. The van der Waals surface area contributed by atoms with Crippen LogP contribution in [0.4, 0.5) is 10.5 Å². The SMILES string of the molecule is CC(C)NC(=O)Nc1cccc(C(=O)NC[C@@H]2Cc3ccccc3O2)c1. The van der Waals surface area contributed by atoms with Gasteiger partial charge in [0.25, 0.3) is 5.91 Å². The fourth-order valence-corrected chi connectivity index (χ4v) is 2.84. The Morgan fingerprint density at radius 1 is 1.15 bits per heavy atom. The van der Waals surface area contributed by atoms with Crippen molar-refractivity contribution >= 4 is 17.6 Å². The van der Waals surface area contributed by atoms with Crippen molar-refractivity contribution in [3.8, 4) is 5.75 Å². The highest BCUT2D eigenvalue weighted by Gasteiger charge is 2.22. The first kappa shape index (κ1) is 17.8. The van der Waals surface area contributed by atoms with Crippen molar-refractivity contribution in [2.24, 2.45) is 0 Å². The zero-order valence-electron chi connectivity index (χ0n) is 14.9. The molecule has 0 saturated carbocycles. The third-order valence-corrected chi connectivity index (χ3v) is 4.01. The molecule has 26 heavy (non-hydrogen) atoms. The molecule has 2 aromatic carbocycles. The highest BCUT2D eigenvalue weighted by atomic mass is 16.5. The maximum atomic E-state index is 12.4. The normalized spacial score (nSPS) is 15.1. The molecule has 6 heteroatoms. The summed E-state index contributed by atoms with van der Waals surface area (Å²) in [6, 6.07) is 14.5. The van der Waals surface area contributed by atoms with Crippen LogP contribution in [0.1, 0.15) is 29.8 Å². The molecule has 0 unspecified atom stereocenters. The summed E-state index contributed by atoms with van der Waals surface area (Å²) in [5.74, 6) is 0.687. The van der Waals surface area contributed by atoms with E-state index in [1.165, 1.54) is 0 Å². The summed E-state index contributed by atoms with van der Waals surface area (Å²) in [7, 11) is 0. The van der Waals surface area contributed by atoms with E-state index in [1.807, 2.05) is 38.1 Å². The quantitative estimate of drug-likeness (QED) is 0.773. The van der Waals surface area contributed by atoms with E-state index in [9.17, 15) is 9.59 Å². The molecule has 136 valence electrons. The van der Waals surface area contributed by atoms with Gasteiger partial charge in [0, 0.05) is 23.7 Å². The van der Waals surface area contributed by atoms with Gasteiger partial charge in [-0.05, 0) is 43.7 Å². The second-order valence-electron chi connectivity index (χ2n) is 6.60. The number of nitrogens with one attached hydrogen (secondary N) is 3. The lowest BCUT2D eigenvalue weighted by Gasteiger charge is -2.13. The van der Waals surface area contributed by atoms with Crippen LogP contribution in [0, 0.1) is 0 Å². The number of carbonyl (C=O) groups excluding carboxylic acids is 2. The average molecular weight is 353 g/mol. The Balaban J connectivity index is 1.54. The van der Waals surface area contributed by atoms with Gasteiger partial charge < -0.3 is 20.7 Å². The van der Waals surface area contributed by atoms with E-state index >= 15 is 0 Å². The average Bonchev–Trinajstić information content (AvgIpc) is 3.02. The van der Waals surface area contributed by atoms with Gasteiger partial charge in [0.05, 0.1) is 6.54 Å². The molecule has 1 aliphatic rings. The summed E-state index contributed by atoms with van der Waals surface area (Å²) in [5, 5.41) is 8.36. The minimum absolute atomic E-state index is 0.0389. The predicted octanol–water partition coefficient (Wildman–Crippen LogP) is 2.95. The number of hydrogen-bond donors (Lipinski definition) is 3. The number of hydrogen-bond acceptors (Lipinski definition) is 3. The molecule has 0 spiro atoms. The number of rotatable bonds is 5. The first-order valence-corrected chi connectivity index (χ1v) is 8.71. The van der Waals surface area contributed by atoms with Gasteiger partial charge in [0.1, 0.15) is 11.9 Å². The van der Waals surface area contributed by atoms with E-state index < -0.39 is 0 Å². The van der Waals surface area contributed by atoms with Crippen LogP contribution < -0.4 is 20.7 Å². The van der Waals surface area contributed by atoms with Crippen LogP contribution in [-0.2, 0) is 6.42 Å². The summed E-state index contributed by atoms with van der Waals surface area (Å²) < 4.78 is 5.83. The Morgan fingerprint density at radius 3 is 2.73 bits per heavy atom. The fraction of sp³-hybridized carbons (Fsp3) is 0.300. The lowest BCUT2D eigenvalue weighted by molar-refractivity contribution is 0.0933. The minimum atomic E-state index is -0.297. The van der Waals surface area contributed by atoms with Gasteiger partial charge >= 0.3 is 6.03 Å². The minimum Gasteiger partial charge on any atom is -0.488 e. The number of para-hydroxylation sites is 1. The molecular weight excluding hydrogens is 330 g/mol. The van der Waals surface area contributed by atoms with E-state index in [4.69, 9.17) is 4.74 Å². The van der Waals surface area contributed by atoms with Crippen molar-refractivity contribution < 1.29 is 14.3 Å². The topological polar surface area (TPSA) is 79.5 Å². The molecule has 1 heterocycles. The van der Waals surface area contributed by atoms with Crippen LogP contribution in [0.25, 0.3) is 0 Å². The lowest BCUT2D eigenvalue weighted by Crippen LogP contribution is -2.35. The summed E-state index contributed by atoms with van der Waals surface area (Å²) in [4.78, 5) is 24.2. The van der Waals surface area contributed by atoms with Crippen LogP contribution in [-0.4, -0.2) is 30.6 Å². The molecule has 1 atom stereocenters. The number of fused-ring (bicyclic) bond motifs is 1. The molecule has 6 nitrogen and oxygen atoms in total. The maximum absolute atomic E-state index is 12.4. The number of carbonyl (C=O) groups is 2. The molecule has 0 aliphatic carbocycles. The molecule has 3 rings (SSSR count). The highest BCUT2D eigenvalue weighted by molar-refractivity contribution is 5.96. The molecular formula is C20H23N3O3. The van der Waals surface area contributed by atoms with Crippen molar-refractivity contribution in [2.45, 2.75) is 32.4 Å². The van der Waals surface area contributed by atoms with E-state index in [0.29, 0.717) is 17.8 Å². The second-order valence-corrected chi connectivity index (χ2v) is 6.60. The van der Waals surface area contributed by atoms with Crippen LogP contribution in [0.3, 0.4) is 0 Å². The van der Waals surface area contributed by atoms with Gasteiger partial charge in [-0.15, -0.1) is 0 Å². The number of benzene rings is 2. The number of amides is 3. The maximum Gasteiger partial charge on any atom is 0.319 e. The summed E-state index contributed by atoms with van der Waals surface area (Å²) >= 11 is 0. The number of urea groups is 1. The number of anilines is 1. The zero-order chi connectivity index (χ0) is 18.5.